The van der Waals surface area contributed by atoms with E-state index in [1.807, 2.05) is 13.8 Å². The molecule has 0 saturated heterocycles. The van der Waals surface area contributed by atoms with E-state index in [4.69, 9.17) is 0 Å². The maximum atomic E-state index is 11.3. The summed E-state index contributed by atoms with van der Waals surface area (Å²) in [5.74, 6) is 1.87. The van der Waals surface area contributed by atoms with E-state index in [2.05, 4.69) is 30.7 Å². The van der Waals surface area contributed by atoms with Crippen LogP contribution in [0.15, 0.2) is 18.5 Å². The summed E-state index contributed by atoms with van der Waals surface area (Å²) in [7, 11) is -0.880. The Hall–Kier alpha value is -2.03. The number of hydrogen-bond donors (Lipinski definition) is 2. The van der Waals surface area contributed by atoms with Crippen molar-refractivity contribution >= 4 is 22.7 Å². The van der Waals surface area contributed by atoms with Gasteiger partial charge in [-0.05, 0) is 19.9 Å². The molecule has 0 aliphatic rings. The third-order valence-electron chi connectivity index (χ3n) is 2.53. The smallest absolute Gasteiger partial charge is 0.257 e. The van der Waals surface area contributed by atoms with Crippen molar-refractivity contribution < 1.29 is 4.21 Å². The number of anilines is 2. The maximum Gasteiger partial charge on any atom is 0.257 e. The number of nitrogens with zero attached hydrogens (tertiary/aromatic N) is 5. The fourth-order valence-electron chi connectivity index (χ4n) is 1.77. The lowest BCUT2D eigenvalue weighted by Gasteiger charge is -2.13. The van der Waals surface area contributed by atoms with E-state index >= 15 is 0 Å². The molecule has 0 spiro atoms. The van der Waals surface area contributed by atoms with E-state index in [0.717, 1.165) is 0 Å². The first-order valence-corrected chi connectivity index (χ1v) is 8.37. The lowest BCUT2D eigenvalue weighted by molar-refractivity contribution is 0.682. The van der Waals surface area contributed by atoms with E-state index < -0.39 is 10.8 Å². The Morgan fingerprint density at radius 2 is 2.10 bits per heavy atom. The van der Waals surface area contributed by atoms with Gasteiger partial charge in [0, 0.05) is 47.8 Å². The molecule has 0 amide bonds. The van der Waals surface area contributed by atoms with Gasteiger partial charge in [0.2, 0.25) is 11.9 Å². The zero-order valence-corrected chi connectivity index (χ0v) is 13.1. The molecule has 21 heavy (non-hydrogen) atoms. The number of nitrogens with one attached hydrogen (secondary N) is 2. The van der Waals surface area contributed by atoms with Gasteiger partial charge in [-0.3, -0.25) is 4.21 Å². The van der Waals surface area contributed by atoms with Gasteiger partial charge in [-0.25, -0.2) is 4.68 Å². The Morgan fingerprint density at radius 3 is 2.71 bits per heavy atom. The lowest BCUT2D eigenvalue weighted by atomic mass is 10.4. The third kappa shape index (κ3) is 4.48. The first-order chi connectivity index (χ1) is 10.1. The molecule has 2 atom stereocenters. The largest absolute Gasteiger partial charge is 0.354 e. The highest BCUT2D eigenvalue weighted by Gasteiger charge is 2.11. The molecule has 2 aromatic rings. The number of hydrogen-bond acceptors (Lipinski definition) is 7. The topological polar surface area (TPSA) is 97.6 Å². The summed E-state index contributed by atoms with van der Waals surface area (Å²) >= 11 is 0. The highest BCUT2D eigenvalue weighted by Crippen LogP contribution is 2.09. The minimum absolute atomic E-state index is 0.00168. The monoisotopic (exact) mass is 309 g/mol. The predicted molar refractivity (Wildman–Crippen MR) is 83.1 cm³/mol. The van der Waals surface area contributed by atoms with Gasteiger partial charge in [0.1, 0.15) is 0 Å². The van der Waals surface area contributed by atoms with Crippen molar-refractivity contribution in [3.05, 3.63) is 18.5 Å². The highest BCUT2D eigenvalue weighted by molar-refractivity contribution is 7.84. The Labute approximate surface area is 125 Å². The fraction of sp³-hybridized carbons (Fsp3) is 0.500. The van der Waals surface area contributed by atoms with Gasteiger partial charge in [-0.15, -0.1) is 0 Å². The van der Waals surface area contributed by atoms with Gasteiger partial charge >= 0.3 is 0 Å². The molecule has 2 N–H and O–H groups in total. The average molecular weight is 309 g/mol. The molecule has 0 aliphatic carbocycles. The first kappa shape index (κ1) is 15.4. The molecule has 0 radical (unpaired) electrons. The van der Waals surface area contributed by atoms with E-state index in [-0.39, 0.29) is 6.04 Å². The second-order valence-corrected chi connectivity index (χ2v) is 6.03. The molecule has 0 bridgehead atoms. The number of aromatic nitrogens is 5. The van der Waals surface area contributed by atoms with Crippen LogP contribution < -0.4 is 10.6 Å². The summed E-state index contributed by atoms with van der Waals surface area (Å²) < 4.78 is 12.8. The molecular weight excluding hydrogens is 290 g/mol. The van der Waals surface area contributed by atoms with Crippen LogP contribution in [-0.2, 0) is 10.8 Å². The molecule has 114 valence electrons. The van der Waals surface area contributed by atoms with E-state index in [9.17, 15) is 4.21 Å². The Morgan fingerprint density at radius 1 is 1.33 bits per heavy atom. The van der Waals surface area contributed by atoms with Crippen LogP contribution in [0.5, 0.6) is 0 Å². The molecule has 0 aromatic carbocycles. The lowest BCUT2D eigenvalue weighted by Crippen LogP contribution is -2.24. The average Bonchev–Trinajstić information content (AvgIpc) is 2.91. The summed E-state index contributed by atoms with van der Waals surface area (Å²) in [6.07, 6.45) is 5.09. The van der Waals surface area contributed by atoms with Gasteiger partial charge in [0.15, 0.2) is 0 Å². The molecular formula is C12H19N7OS. The molecule has 2 heterocycles. The van der Waals surface area contributed by atoms with Crippen LogP contribution in [0.4, 0.5) is 11.9 Å². The minimum atomic E-state index is -0.880. The van der Waals surface area contributed by atoms with Crippen molar-refractivity contribution in [3.8, 4) is 5.95 Å². The van der Waals surface area contributed by atoms with Crippen LogP contribution in [0.3, 0.4) is 0 Å². The molecule has 8 nitrogen and oxygen atoms in total. The SMILES string of the molecule is CCNc1nc(NC(C)CS(C)=O)nc(-n2cccn2)n1. The zero-order chi connectivity index (χ0) is 15.2. The molecule has 2 rings (SSSR count). The van der Waals surface area contributed by atoms with Crippen LogP contribution in [0.2, 0.25) is 0 Å². The van der Waals surface area contributed by atoms with Crippen LogP contribution in [0, 0.1) is 0 Å². The van der Waals surface area contributed by atoms with Crippen molar-refractivity contribution in [3.63, 3.8) is 0 Å². The summed E-state index contributed by atoms with van der Waals surface area (Å²) in [5, 5.41) is 10.3. The summed E-state index contributed by atoms with van der Waals surface area (Å²) in [5.41, 5.74) is 0. The maximum absolute atomic E-state index is 11.3. The fourth-order valence-corrected chi connectivity index (χ4v) is 2.56. The van der Waals surface area contributed by atoms with Gasteiger partial charge in [0.05, 0.1) is 0 Å². The predicted octanol–water partition coefficient (Wildman–Crippen LogP) is 0.668. The second kappa shape index (κ2) is 7.11. The van der Waals surface area contributed by atoms with Crippen molar-refractivity contribution in [2.75, 3.05) is 29.2 Å². The quantitative estimate of drug-likeness (QED) is 0.775. The second-order valence-electron chi connectivity index (χ2n) is 4.55. The van der Waals surface area contributed by atoms with Gasteiger partial charge in [-0.2, -0.15) is 20.1 Å². The zero-order valence-electron chi connectivity index (χ0n) is 12.3. The van der Waals surface area contributed by atoms with E-state index in [1.54, 1.807) is 29.4 Å². The van der Waals surface area contributed by atoms with Crippen molar-refractivity contribution in [2.24, 2.45) is 0 Å². The van der Waals surface area contributed by atoms with E-state index in [1.165, 1.54) is 0 Å². The Kier molecular flexibility index (Phi) is 5.20. The normalized spacial score (nSPS) is 13.7. The van der Waals surface area contributed by atoms with Crippen molar-refractivity contribution in [2.45, 2.75) is 19.9 Å². The molecule has 2 unspecified atom stereocenters. The summed E-state index contributed by atoms with van der Waals surface area (Å²) in [6.45, 7) is 4.61. The minimum Gasteiger partial charge on any atom is -0.354 e. The Bertz CT molecular complexity index is 602. The van der Waals surface area contributed by atoms with E-state index in [0.29, 0.717) is 30.1 Å². The van der Waals surface area contributed by atoms with Crippen LogP contribution in [0.1, 0.15) is 13.8 Å². The summed E-state index contributed by atoms with van der Waals surface area (Å²) in [4.78, 5) is 12.9. The molecule has 0 fully saturated rings. The van der Waals surface area contributed by atoms with Crippen LogP contribution in [-0.4, -0.2) is 53.5 Å². The molecule has 0 aliphatic heterocycles. The molecule has 2 aromatic heterocycles. The van der Waals surface area contributed by atoms with Gasteiger partial charge in [-0.1, -0.05) is 0 Å². The third-order valence-corrected chi connectivity index (χ3v) is 3.50. The summed E-state index contributed by atoms with van der Waals surface area (Å²) in [6, 6.07) is 1.80. The van der Waals surface area contributed by atoms with Crippen LogP contribution in [0.25, 0.3) is 5.95 Å². The van der Waals surface area contributed by atoms with Gasteiger partial charge < -0.3 is 10.6 Å². The Balaban J connectivity index is 2.25. The van der Waals surface area contributed by atoms with Gasteiger partial charge in [0.25, 0.3) is 5.95 Å². The molecule has 9 heteroatoms. The number of rotatable bonds is 7. The first-order valence-electron chi connectivity index (χ1n) is 6.65. The van der Waals surface area contributed by atoms with Crippen LogP contribution >= 0.6 is 0 Å². The molecule has 0 saturated carbocycles. The highest BCUT2D eigenvalue weighted by atomic mass is 32.2. The van der Waals surface area contributed by atoms with Crippen molar-refractivity contribution in [1.29, 1.82) is 0 Å². The van der Waals surface area contributed by atoms with Crippen molar-refractivity contribution in [1.82, 2.24) is 24.7 Å². The standard InChI is InChI=1S/C12H19N7OS/c1-4-13-10-16-11(15-9(2)8-21(3)20)18-12(17-10)19-7-5-6-14-19/h5-7,9H,4,8H2,1-3H3,(H2,13,15,16,17,18).